The highest BCUT2D eigenvalue weighted by molar-refractivity contribution is 6.30. The largest absolute Gasteiger partial charge is 0.472 e. The molecule has 0 atom stereocenters. The summed E-state index contributed by atoms with van der Waals surface area (Å²) in [7, 11) is 1.52. The van der Waals surface area contributed by atoms with Crippen LogP contribution >= 0.6 is 11.6 Å². The first kappa shape index (κ1) is 18.1. The predicted molar refractivity (Wildman–Crippen MR) is 105 cm³/mol. The Hall–Kier alpha value is -3.32. The highest BCUT2D eigenvalue weighted by Crippen LogP contribution is 2.24. The van der Waals surface area contributed by atoms with Crippen LogP contribution in [-0.2, 0) is 13.7 Å². The molecular formula is C20H17ClN4O3. The fourth-order valence-electron chi connectivity index (χ4n) is 2.88. The van der Waals surface area contributed by atoms with Gasteiger partial charge in [0.25, 0.3) is 0 Å². The molecule has 7 nitrogen and oxygen atoms in total. The van der Waals surface area contributed by atoms with Crippen molar-refractivity contribution in [2.24, 2.45) is 7.05 Å². The van der Waals surface area contributed by atoms with Crippen molar-refractivity contribution in [2.75, 3.05) is 0 Å². The van der Waals surface area contributed by atoms with Gasteiger partial charge in [-0.1, -0.05) is 29.8 Å². The molecule has 4 aromatic rings. The molecule has 142 valence electrons. The molecule has 2 aromatic heterocycles. The molecule has 28 heavy (non-hydrogen) atoms. The zero-order valence-electron chi connectivity index (χ0n) is 15.3. The normalized spacial score (nSPS) is 11.0. The zero-order chi connectivity index (χ0) is 19.7. The highest BCUT2D eigenvalue weighted by Gasteiger charge is 2.17. The summed E-state index contributed by atoms with van der Waals surface area (Å²) in [6.07, 6.45) is 1.81. The van der Waals surface area contributed by atoms with E-state index >= 15 is 0 Å². The Morgan fingerprint density at radius 2 is 1.93 bits per heavy atom. The Labute approximate surface area is 165 Å². The number of benzene rings is 2. The lowest BCUT2D eigenvalue weighted by atomic mass is 10.0. The second-order valence-corrected chi connectivity index (χ2v) is 6.73. The molecule has 0 saturated carbocycles. The van der Waals surface area contributed by atoms with Crippen LogP contribution in [0.25, 0.3) is 16.9 Å². The average molecular weight is 397 g/mol. The van der Waals surface area contributed by atoms with E-state index in [4.69, 9.17) is 21.0 Å². The van der Waals surface area contributed by atoms with Gasteiger partial charge < -0.3 is 4.74 Å². The Balaban J connectivity index is 1.58. The lowest BCUT2D eigenvalue weighted by Gasteiger charge is -2.10. The van der Waals surface area contributed by atoms with E-state index in [2.05, 4.69) is 10.3 Å². The molecule has 0 amide bonds. The van der Waals surface area contributed by atoms with Crippen LogP contribution in [0.2, 0.25) is 5.02 Å². The number of halogens is 1. The van der Waals surface area contributed by atoms with Crippen LogP contribution in [0.1, 0.15) is 11.1 Å². The van der Waals surface area contributed by atoms with Crippen molar-refractivity contribution < 1.29 is 9.37 Å². The Kier molecular flexibility index (Phi) is 4.75. The molecule has 8 heteroatoms. The molecule has 0 aliphatic heterocycles. The van der Waals surface area contributed by atoms with Gasteiger partial charge in [-0.2, -0.15) is 0 Å². The molecule has 0 saturated heterocycles. The smallest absolute Gasteiger partial charge is 0.310 e. The van der Waals surface area contributed by atoms with E-state index in [1.807, 2.05) is 43.5 Å². The zero-order valence-corrected chi connectivity index (χ0v) is 16.1. The van der Waals surface area contributed by atoms with Crippen LogP contribution in [0.5, 0.6) is 5.88 Å². The summed E-state index contributed by atoms with van der Waals surface area (Å²) >= 11 is 5.92. The van der Waals surface area contributed by atoms with Crippen LogP contribution in [0.15, 0.2) is 64.2 Å². The summed E-state index contributed by atoms with van der Waals surface area (Å²) in [6, 6.07) is 14.8. The number of aromatic nitrogens is 4. The maximum absolute atomic E-state index is 12.2. The Bertz CT molecular complexity index is 1170. The van der Waals surface area contributed by atoms with Crippen LogP contribution in [-0.4, -0.2) is 19.7 Å². The Morgan fingerprint density at radius 1 is 1.14 bits per heavy atom. The molecule has 4 rings (SSSR count). The lowest BCUT2D eigenvalue weighted by molar-refractivity contribution is 0.216. The van der Waals surface area contributed by atoms with E-state index in [9.17, 15) is 4.79 Å². The molecule has 0 fully saturated rings. The van der Waals surface area contributed by atoms with E-state index in [0.717, 1.165) is 21.6 Å². The van der Waals surface area contributed by atoms with Crippen molar-refractivity contribution in [3.8, 4) is 22.8 Å². The fraction of sp³-hybridized carbons (Fsp3) is 0.150. The van der Waals surface area contributed by atoms with E-state index in [1.165, 1.54) is 7.05 Å². The maximum Gasteiger partial charge on any atom is 0.310 e. The summed E-state index contributed by atoms with van der Waals surface area (Å²) in [5, 5.41) is 8.98. The fourth-order valence-corrected chi connectivity index (χ4v) is 3.00. The average Bonchev–Trinajstić information content (AvgIpc) is 3.29. The summed E-state index contributed by atoms with van der Waals surface area (Å²) in [5.74, 6) is 0.470. The maximum atomic E-state index is 12.2. The van der Waals surface area contributed by atoms with Crippen LogP contribution in [0.4, 0.5) is 0 Å². The summed E-state index contributed by atoms with van der Waals surface area (Å²) < 4.78 is 13.6. The standard InChI is InChI=1S/C20H17ClN4O3/c1-13-4-3-5-16(19-20(26)24(2)28-23-19)17(13)12-27-18-10-11-25(22-18)15-8-6-14(21)7-9-15/h3-11H,12H2,1-2H3. The topological polar surface area (TPSA) is 75.1 Å². The van der Waals surface area contributed by atoms with Gasteiger partial charge in [0.2, 0.25) is 5.88 Å². The molecular weight excluding hydrogens is 380 g/mol. The number of ether oxygens (including phenoxy) is 1. The number of nitrogens with zero attached hydrogens (tertiary/aromatic N) is 4. The quantitative estimate of drug-likeness (QED) is 0.513. The monoisotopic (exact) mass is 396 g/mol. The molecule has 0 aliphatic carbocycles. The van der Waals surface area contributed by atoms with Crippen LogP contribution in [0, 0.1) is 6.92 Å². The highest BCUT2D eigenvalue weighted by atomic mass is 35.5. The van der Waals surface area contributed by atoms with Crippen molar-refractivity contribution in [2.45, 2.75) is 13.5 Å². The van der Waals surface area contributed by atoms with Gasteiger partial charge in [0.05, 0.1) is 12.7 Å². The van der Waals surface area contributed by atoms with E-state index in [-0.39, 0.29) is 17.9 Å². The van der Waals surface area contributed by atoms with Gasteiger partial charge in [0.15, 0.2) is 5.69 Å². The molecule has 0 unspecified atom stereocenters. The van der Waals surface area contributed by atoms with Gasteiger partial charge >= 0.3 is 5.56 Å². The van der Waals surface area contributed by atoms with Crippen molar-refractivity contribution in [1.29, 1.82) is 0 Å². The van der Waals surface area contributed by atoms with E-state index in [1.54, 1.807) is 22.9 Å². The van der Waals surface area contributed by atoms with Crippen molar-refractivity contribution in [3.05, 3.63) is 81.2 Å². The van der Waals surface area contributed by atoms with Gasteiger partial charge in [-0.25, -0.2) is 4.68 Å². The van der Waals surface area contributed by atoms with Crippen molar-refractivity contribution in [1.82, 2.24) is 19.7 Å². The minimum absolute atomic E-state index is 0.246. The second kappa shape index (κ2) is 7.36. The first-order valence-corrected chi connectivity index (χ1v) is 8.97. The molecule has 2 aromatic carbocycles. The number of hydrogen-bond donors (Lipinski definition) is 0. The minimum Gasteiger partial charge on any atom is -0.472 e. The molecule has 0 spiro atoms. The Morgan fingerprint density at radius 3 is 2.64 bits per heavy atom. The van der Waals surface area contributed by atoms with Gasteiger partial charge in [0, 0.05) is 28.4 Å². The van der Waals surface area contributed by atoms with Crippen molar-refractivity contribution in [3.63, 3.8) is 0 Å². The molecule has 0 aliphatic rings. The van der Waals surface area contributed by atoms with E-state index < -0.39 is 0 Å². The summed E-state index contributed by atoms with van der Waals surface area (Å²) in [6.45, 7) is 2.20. The summed E-state index contributed by atoms with van der Waals surface area (Å²) in [5.41, 5.74) is 3.37. The van der Waals surface area contributed by atoms with Crippen molar-refractivity contribution >= 4 is 11.6 Å². The molecule has 0 N–H and O–H groups in total. The van der Waals surface area contributed by atoms with Crippen LogP contribution in [0.3, 0.4) is 0 Å². The van der Waals surface area contributed by atoms with Gasteiger partial charge in [-0.15, -0.1) is 9.84 Å². The molecule has 0 bridgehead atoms. The van der Waals surface area contributed by atoms with Gasteiger partial charge in [0.1, 0.15) is 6.61 Å². The number of hydrogen-bond acceptors (Lipinski definition) is 5. The first-order chi connectivity index (χ1) is 13.5. The molecule has 2 heterocycles. The predicted octanol–water partition coefficient (Wildman–Crippen LogP) is 3.77. The minimum atomic E-state index is -0.293. The number of aryl methyl sites for hydroxylation is 2. The lowest BCUT2D eigenvalue weighted by Crippen LogP contribution is -2.13. The van der Waals surface area contributed by atoms with Gasteiger partial charge in [-0.3, -0.25) is 9.42 Å². The summed E-state index contributed by atoms with van der Waals surface area (Å²) in [4.78, 5) is 12.2. The number of rotatable bonds is 5. The van der Waals surface area contributed by atoms with Gasteiger partial charge in [-0.05, 0) is 41.9 Å². The first-order valence-electron chi connectivity index (χ1n) is 8.59. The molecule has 0 radical (unpaired) electrons. The third-order valence-corrected chi connectivity index (χ3v) is 4.68. The third-order valence-electron chi connectivity index (χ3n) is 4.43. The van der Waals surface area contributed by atoms with E-state index in [0.29, 0.717) is 16.5 Å². The second-order valence-electron chi connectivity index (χ2n) is 6.29. The SMILES string of the molecule is Cc1cccc(-c2non(C)c2=O)c1COc1ccn(-c2ccc(Cl)cc2)n1. The third kappa shape index (κ3) is 3.44. The van der Waals surface area contributed by atoms with Crippen LogP contribution < -0.4 is 10.3 Å².